The first-order chi connectivity index (χ1) is 11.6. The van der Waals surface area contributed by atoms with Crippen molar-refractivity contribution in [3.63, 3.8) is 0 Å². The molecule has 0 bridgehead atoms. The van der Waals surface area contributed by atoms with Crippen molar-refractivity contribution in [2.75, 3.05) is 5.32 Å². The molecule has 0 aliphatic heterocycles. The zero-order valence-electron chi connectivity index (χ0n) is 12.7. The summed E-state index contributed by atoms with van der Waals surface area (Å²) >= 11 is 5.24. The number of carbonyl (C=O) groups is 1. The first kappa shape index (κ1) is 16.1. The van der Waals surface area contributed by atoms with Crippen molar-refractivity contribution < 1.29 is 9.18 Å². The lowest BCUT2D eigenvalue weighted by Gasteiger charge is -2.08. The van der Waals surface area contributed by atoms with Crippen LogP contribution < -0.4 is 5.32 Å². The van der Waals surface area contributed by atoms with Crippen molar-refractivity contribution in [3.05, 3.63) is 76.6 Å². The molecule has 24 heavy (non-hydrogen) atoms. The van der Waals surface area contributed by atoms with Crippen molar-refractivity contribution in [2.45, 2.75) is 13.0 Å². The van der Waals surface area contributed by atoms with Crippen LogP contribution in [-0.4, -0.2) is 20.7 Å². The Morgan fingerprint density at radius 2 is 1.88 bits per heavy atom. The Morgan fingerprint density at radius 3 is 2.58 bits per heavy atom. The molecule has 0 aliphatic carbocycles. The van der Waals surface area contributed by atoms with Gasteiger partial charge in [0.2, 0.25) is 5.91 Å². The molecule has 7 heteroatoms. The molecule has 0 saturated heterocycles. The second kappa shape index (κ2) is 7.18. The molecule has 5 nitrogen and oxygen atoms in total. The molecule has 1 aromatic heterocycles. The van der Waals surface area contributed by atoms with Crippen LogP contribution in [0.2, 0.25) is 0 Å². The quantitative estimate of drug-likeness (QED) is 0.699. The fourth-order valence-corrected chi connectivity index (χ4v) is 2.51. The lowest BCUT2D eigenvalue weighted by Crippen LogP contribution is -2.18. The highest BCUT2D eigenvalue weighted by molar-refractivity contribution is 7.71. The van der Waals surface area contributed by atoms with Crippen molar-refractivity contribution in [3.8, 4) is 0 Å². The second-order valence-corrected chi connectivity index (χ2v) is 5.64. The number of rotatable bonds is 5. The summed E-state index contributed by atoms with van der Waals surface area (Å²) < 4.78 is 15.1. The molecular formula is C17H15FN4OS. The highest BCUT2D eigenvalue weighted by Gasteiger charge is 2.12. The molecule has 2 aromatic carbocycles. The normalized spacial score (nSPS) is 10.5. The van der Waals surface area contributed by atoms with E-state index >= 15 is 0 Å². The molecule has 0 radical (unpaired) electrons. The number of anilines is 1. The summed E-state index contributed by atoms with van der Waals surface area (Å²) in [4.78, 5) is 12.2. The third-order valence-corrected chi connectivity index (χ3v) is 3.78. The topological polar surface area (TPSA) is 62.7 Å². The number of nitrogens with zero attached hydrogens (tertiary/aromatic N) is 2. The van der Waals surface area contributed by atoms with Gasteiger partial charge < -0.3 is 5.32 Å². The fraction of sp³-hybridized carbons (Fsp3) is 0.118. The minimum Gasteiger partial charge on any atom is -0.326 e. The minimum atomic E-state index is -0.350. The predicted octanol–water partition coefficient (Wildman–Crippen LogP) is 3.31. The molecule has 0 unspecified atom stereocenters. The number of benzene rings is 2. The average Bonchev–Trinajstić information content (AvgIpc) is 2.91. The van der Waals surface area contributed by atoms with Crippen molar-refractivity contribution in [2.24, 2.45) is 0 Å². The van der Waals surface area contributed by atoms with Gasteiger partial charge in [0.25, 0.3) is 0 Å². The summed E-state index contributed by atoms with van der Waals surface area (Å²) in [6.45, 7) is 0.537. The minimum absolute atomic E-state index is 0.0668. The van der Waals surface area contributed by atoms with Crippen molar-refractivity contribution >= 4 is 23.8 Å². The van der Waals surface area contributed by atoms with Crippen LogP contribution in [0.5, 0.6) is 0 Å². The van der Waals surface area contributed by atoms with E-state index in [0.717, 1.165) is 5.56 Å². The Labute approximate surface area is 143 Å². The van der Waals surface area contributed by atoms with E-state index in [2.05, 4.69) is 15.5 Å². The highest BCUT2D eigenvalue weighted by Crippen LogP contribution is 2.10. The number of hydrogen-bond acceptors (Lipinski definition) is 3. The Balaban J connectivity index is 1.72. The first-order valence-corrected chi connectivity index (χ1v) is 7.76. The van der Waals surface area contributed by atoms with Crippen LogP contribution in [0.25, 0.3) is 0 Å². The van der Waals surface area contributed by atoms with E-state index in [1.165, 1.54) is 24.3 Å². The smallest absolute Gasteiger partial charge is 0.232 e. The first-order valence-electron chi connectivity index (χ1n) is 7.35. The molecule has 3 aromatic rings. The average molecular weight is 342 g/mol. The van der Waals surface area contributed by atoms with Crippen molar-refractivity contribution in [1.82, 2.24) is 14.8 Å². The van der Waals surface area contributed by atoms with Crippen LogP contribution in [-0.2, 0) is 17.8 Å². The van der Waals surface area contributed by atoms with Gasteiger partial charge in [-0.25, -0.2) is 4.39 Å². The second-order valence-electron chi connectivity index (χ2n) is 5.25. The highest BCUT2D eigenvalue weighted by atomic mass is 32.1. The van der Waals surface area contributed by atoms with Gasteiger partial charge in [-0.1, -0.05) is 30.3 Å². The van der Waals surface area contributed by atoms with Crippen molar-refractivity contribution in [1.29, 1.82) is 0 Å². The summed E-state index contributed by atoms with van der Waals surface area (Å²) in [6.07, 6.45) is 0.0668. The summed E-state index contributed by atoms with van der Waals surface area (Å²) in [5.74, 6) is -0.0508. The number of amides is 1. The van der Waals surface area contributed by atoms with Crippen LogP contribution in [0.3, 0.4) is 0 Å². The summed E-state index contributed by atoms with van der Waals surface area (Å²) in [5.41, 5.74) is 1.60. The van der Waals surface area contributed by atoms with E-state index in [1.54, 1.807) is 4.57 Å². The third-order valence-electron chi connectivity index (χ3n) is 3.47. The van der Waals surface area contributed by atoms with Gasteiger partial charge in [-0.15, -0.1) is 0 Å². The number of carbonyl (C=O) groups excluding carboxylic acids is 1. The molecule has 122 valence electrons. The summed E-state index contributed by atoms with van der Waals surface area (Å²) in [6, 6.07) is 15.4. The molecule has 3 rings (SSSR count). The Hall–Kier alpha value is -2.80. The summed E-state index contributed by atoms with van der Waals surface area (Å²) in [5, 5.41) is 9.56. The largest absolute Gasteiger partial charge is 0.326 e. The lowest BCUT2D eigenvalue weighted by atomic mass is 10.2. The van der Waals surface area contributed by atoms with Gasteiger partial charge in [-0.3, -0.25) is 14.5 Å². The van der Waals surface area contributed by atoms with E-state index in [9.17, 15) is 9.18 Å². The fourth-order valence-electron chi connectivity index (χ4n) is 2.30. The molecule has 1 heterocycles. The molecule has 0 fully saturated rings. The van der Waals surface area contributed by atoms with Gasteiger partial charge in [0.15, 0.2) is 4.77 Å². The number of nitrogens with one attached hydrogen (secondary N) is 2. The molecule has 0 atom stereocenters. The van der Waals surface area contributed by atoms with Crippen LogP contribution >= 0.6 is 12.2 Å². The Morgan fingerprint density at radius 1 is 1.17 bits per heavy atom. The monoisotopic (exact) mass is 342 g/mol. The van der Waals surface area contributed by atoms with Gasteiger partial charge in [0.1, 0.15) is 11.6 Å². The van der Waals surface area contributed by atoms with E-state index in [1.807, 2.05) is 30.3 Å². The number of halogens is 1. The predicted molar refractivity (Wildman–Crippen MR) is 91.7 cm³/mol. The Kier molecular flexibility index (Phi) is 4.81. The van der Waals surface area contributed by atoms with E-state index < -0.39 is 0 Å². The number of aromatic amines is 1. The molecule has 1 amide bonds. The SMILES string of the molecule is O=C(Cc1n[nH]c(=S)n1Cc1ccccc1)Nc1ccc(F)cc1. The maximum Gasteiger partial charge on any atom is 0.232 e. The van der Waals surface area contributed by atoms with Gasteiger partial charge in [0.05, 0.1) is 13.0 Å². The standard InChI is InChI=1S/C17H15FN4OS/c18-13-6-8-14(9-7-13)19-16(23)10-15-20-21-17(24)22(15)11-12-4-2-1-3-5-12/h1-9H,10-11H2,(H,19,23)(H,21,24). The lowest BCUT2D eigenvalue weighted by molar-refractivity contribution is -0.115. The maximum absolute atomic E-state index is 12.9. The Bertz CT molecular complexity index is 887. The van der Waals surface area contributed by atoms with E-state index in [4.69, 9.17) is 12.2 Å². The number of H-pyrrole nitrogens is 1. The van der Waals surface area contributed by atoms with Gasteiger partial charge in [0, 0.05) is 5.69 Å². The number of aromatic nitrogens is 3. The summed E-state index contributed by atoms with van der Waals surface area (Å²) in [7, 11) is 0. The molecule has 0 spiro atoms. The molecular weight excluding hydrogens is 327 g/mol. The van der Waals surface area contributed by atoms with Crippen LogP contribution in [0.15, 0.2) is 54.6 Å². The van der Waals surface area contributed by atoms with Crippen LogP contribution in [0.1, 0.15) is 11.4 Å². The zero-order valence-corrected chi connectivity index (χ0v) is 13.5. The molecule has 0 aliphatic rings. The third kappa shape index (κ3) is 3.94. The van der Waals surface area contributed by atoms with Gasteiger partial charge in [-0.05, 0) is 42.0 Å². The molecule has 0 saturated carbocycles. The van der Waals surface area contributed by atoms with Crippen LogP contribution in [0, 0.1) is 10.6 Å². The maximum atomic E-state index is 12.9. The van der Waals surface area contributed by atoms with Crippen LogP contribution in [0.4, 0.5) is 10.1 Å². The number of hydrogen-bond donors (Lipinski definition) is 2. The van der Waals surface area contributed by atoms with Gasteiger partial charge in [-0.2, -0.15) is 5.10 Å². The van der Waals surface area contributed by atoms with E-state index in [0.29, 0.717) is 22.8 Å². The zero-order chi connectivity index (χ0) is 16.9. The van der Waals surface area contributed by atoms with E-state index in [-0.39, 0.29) is 18.1 Å². The molecule has 2 N–H and O–H groups in total. The van der Waals surface area contributed by atoms with Gasteiger partial charge >= 0.3 is 0 Å².